The number of carbonyl (C=O) groups is 1. The summed E-state index contributed by atoms with van der Waals surface area (Å²) in [4.78, 5) is 12.7. The molecule has 0 bridgehead atoms. The Morgan fingerprint density at radius 1 is 0.969 bits per heavy atom. The molecule has 3 aromatic rings. The van der Waals surface area contributed by atoms with E-state index < -0.39 is 22.5 Å². The maximum atomic E-state index is 13.4. The molecule has 0 unspecified atom stereocenters. The number of benzene rings is 3. The average Bonchev–Trinajstić information content (AvgIpc) is 2.75. The largest absolute Gasteiger partial charge is 0.492 e. The van der Waals surface area contributed by atoms with E-state index in [1.54, 1.807) is 24.3 Å². The molecule has 0 aliphatic carbocycles. The zero-order valence-corrected chi connectivity index (χ0v) is 19.6. The number of carbonyl (C=O) groups excluding carboxylic acids is 1. The molecule has 0 saturated carbocycles. The van der Waals surface area contributed by atoms with Crippen molar-refractivity contribution in [2.24, 2.45) is 0 Å². The van der Waals surface area contributed by atoms with E-state index in [4.69, 9.17) is 27.9 Å². The lowest BCUT2D eigenvalue weighted by Crippen LogP contribution is -2.42. The van der Waals surface area contributed by atoms with Crippen LogP contribution in [0.25, 0.3) is 0 Å². The number of para-hydroxylation sites is 1. The van der Waals surface area contributed by atoms with E-state index in [1.165, 1.54) is 30.3 Å². The van der Waals surface area contributed by atoms with Crippen molar-refractivity contribution in [3.05, 3.63) is 88.4 Å². The molecule has 1 amide bonds. The number of hydrogen-bond acceptors (Lipinski definition) is 4. The van der Waals surface area contributed by atoms with Gasteiger partial charge in [-0.05, 0) is 49.4 Å². The Balaban J connectivity index is 1.76. The monoisotopic (exact) mass is 492 g/mol. The van der Waals surface area contributed by atoms with Gasteiger partial charge in [0.2, 0.25) is 5.91 Å². The Hall–Kier alpha value is -2.74. The quantitative estimate of drug-likeness (QED) is 0.439. The number of nitrogens with zero attached hydrogens (tertiary/aromatic N) is 1. The summed E-state index contributed by atoms with van der Waals surface area (Å²) in [6.07, 6.45) is 0. The van der Waals surface area contributed by atoms with Gasteiger partial charge in [-0.3, -0.25) is 9.10 Å². The van der Waals surface area contributed by atoms with Crippen molar-refractivity contribution in [2.75, 3.05) is 24.0 Å². The molecule has 0 fully saturated rings. The van der Waals surface area contributed by atoms with Crippen LogP contribution >= 0.6 is 23.2 Å². The van der Waals surface area contributed by atoms with Gasteiger partial charge in [0, 0.05) is 10.0 Å². The smallest absolute Gasteiger partial charge is 0.264 e. The van der Waals surface area contributed by atoms with Crippen LogP contribution in [0, 0.1) is 6.92 Å². The zero-order chi connectivity index (χ0) is 23.1. The van der Waals surface area contributed by atoms with Crippen LogP contribution in [0.15, 0.2) is 77.7 Å². The Labute approximate surface area is 197 Å². The molecule has 3 rings (SSSR count). The maximum absolute atomic E-state index is 13.4. The molecule has 168 valence electrons. The molecule has 0 heterocycles. The normalized spacial score (nSPS) is 11.1. The van der Waals surface area contributed by atoms with E-state index >= 15 is 0 Å². The topological polar surface area (TPSA) is 75.7 Å². The first-order chi connectivity index (χ1) is 15.3. The molecule has 0 aliphatic heterocycles. The number of rotatable bonds is 9. The molecule has 0 atom stereocenters. The van der Waals surface area contributed by atoms with Gasteiger partial charge in [-0.2, -0.15) is 0 Å². The summed E-state index contributed by atoms with van der Waals surface area (Å²) in [6, 6.07) is 19.9. The molecular formula is C23H22Cl2N2O4S. The molecule has 3 aromatic carbocycles. The summed E-state index contributed by atoms with van der Waals surface area (Å²) in [5.74, 6) is 0.187. The molecular weight excluding hydrogens is 471 g/mol. The van der Waals surface area contributed by atoms with Gasteiger partial charge < -0.3 is 10.1 Å². The molecule has 9 heteroatoms. The summed E-state index contributed by atoms with van der Waals surface area (Å²) in [5.41, 5.74) is 1.11. The lowest BCUT2D eigenvalue weighted by molar-refractivity contribution is -0.119. The number of ether oxygens (including phenoxy) is 1. The Morgan fingerprint density at radius 2 is 1.59 bits per heavy atom. The van der Waals surface area contributed by atoms with Crippen molar-refractivity contribution in [3.63, 3.8) is 0 Å². The minimum atomic E-state index is -4.05. The molecule has 0 saturated heterocycles. The van der Waals surface area contributed by atoms with Crippen molar-refractivity contribution in [1.82, 2.24) is 5.32 Å². The Morgan fingerprint density at radius 3 is 2.22 bits per heavy atom. The third-order valence-corrected chi connectivity index (χ3v) is 6.69. The fourth-order valence-electron chi connectivity index (χ4n) is 2.90. The summed E-state index contributed by atoms with van der Waals surface area (Å²) in [5, 5.41) is 3.19. The predicted molar refractivity (Wildman–Crippen MR) is 127 cm³/mol. The van der Waals surface area contributed by atoms with Gasteiger partial charge in [0.1, 0.15) is 18.9 Å². The van der Waals surface area contributed by atoms with E-state index in [9.17, 15) is 13.2 Å². The number of sulfonamides is 1. The lowest BCUT2D eigenvalue weighted by atomic mass is 10.2. The molecule has 0 aliphatic rings. The first kappa shape index (κ1) is 23.9. The Kier molecular flexibility index (Phi) is 8.01. The van der Waals surface area contributed by atoms with Gasteiger partial charge in [-0.1, -0.05) is 59.1 Å². The van der Waals surface area contributed by atoms with Crippen LogP contribution in [0.4, 0.5) is 5.69 Å². The molecule has 0 aromatic heterocycles. The van der Waals surface area contributed by atoms with Gasteiger partial charge in [0.15, 0.2) is 0 Å². The van der Waals surface area contributed by atoms with Crippen LogP contribution < -0.4 is 14.4 Å². The number of anilines is 1. The highest BCUT2D eigenvalue weighted by atomic mass is 35.5. The highest BCUT2D eigenvalue weighted by Crippen LogP contribution is 2.29. The third-order valence-electron chi connectivity index (χ3n) is 4.47. The van der Waals surface area contributed by atoms with Crippen LogP contribution in [-0.2, 0) is 14.8 Å². The van der Waals surface area contributed by atoms with Gasteiger partial charge in [-0.15, -0.1) is 0 Å². The Bertz CT molecular complexity index is 1150. The van der Waals surface area contributed by atoms with E-state index in [0.717, 1.165) is 9.87 Å². The molecule has 0 spiro atoms. The van der Waals surface area contributed by atoms with Crippen molar-refractivity contribution in [1.29, 1.82) is 0 Å². The average molecular weight is 493 g/mol. The van der Waals surface area contributed by atoms with E-state index in [1.807, 2.05) is 25.1 Å². The second kappa shape index (κ2) is 10.7. The van der Waals surface area contributed by atoms with E-state index in [-0.39, 0.29) is 33.8 Å². The SMILES string of the molecule is Cc1ccc(S(=O)(=O)N(CC(=O)NCCOc2ccccc2)c2cc(Cl)cc(Cl)c2)cc1. The first-order valence-electron chi connectivity index (χ1n) is 9.76. The maximum Gasteiger partial charge on any atom is 0.264 e. The number of halogens is 2. The summed E-state index contributed by atoms with van der Waals surface area (Å²) < 4.78 is 33.2. The van der Waals surface area contributed by atoms with Crippen molar-refractivity contribution < 1.29 is 17.9 Å². The fraction of sp³-hybridized carbons (Fsp3) is 0.174. The second-order valence-electron chi connectivity index (χ2n) is 6.96. The highest BCUT2D eigenvalue weighted by Gasteiger charge is 2.27. The standard InChI is InChI=1S/C23H22Cl2N2O4S/c1-17-7-9-22(10-8-17)32(29,30)27(20-14-18(24)13-19(25)15-20)16-23(28)26-11-12-31-21-5-3-2-4-6-21/h2-10,13-15H,11-12,16H2,1H3,(H,26,28). The summed E-state index contributed by atoms with van der Waals surface area (Å²) in [7, 11) is -4.05. The van der Waals surface area contributed by atoms with E-state index in [0.29, 0.717) is 5.75 Å². The van der Waals surface area contributed by atoms with Crippen LogP contribution in [-0.4, -0.2) is 34.0 Å². The minimum Gasteiger partial charge on any atom is -0.492 e. The number of aryl methyl sites for hydroxylation is 1. The van der Waals surface area contributed by atoms with Gasteiger partial charge in [0.25, 0.3) is 10.0 Å². The first-order valence-corrected chi connectivity index (χ1v) is 12.0. The summed E-state index contributed by atoms with van der Waals surface area (Å²) in [6.45, 7) is 1.86. The number of amides is 1. The number of hydrogen-bond donors (Lipinski definition) is 1. The van der Waals surface area contributed by atoms with Crippen molar-refractivity contribution in [2.45, 2.75) is 11.8 Å². The van der Waals surface area contributed by atoms with Gasteiger partial charge >= 0.3 is 0 Å². The molecule has 0 radical (unpaired) electrons. The van der Waals surface area contributed by atoms with Crippen LogP contribution in [0.5, 0.6) is 5.75 Å². The van der Waals surface area contributed by atoms with Crippen molar-refractivity contribution >= 4 is 44.8 Å². The lowest BCUT2D eigenvalue weighted by Gasteiger charge is -2.24. The fourth-order valence-corrected chi connectivity index (χ4v) is 4.82. The molecule has 32 heavy (non-hydrogen) atoms. The van der Waals surface area contributed by atoms with Gasteiger partial charge in [0.05, 0.1) is 17.1 Å². The zero-order valence-electron chi connectivity index (χ0n) is 17.3. The minimum absolute atomic E-state index is 0.0550. The van der Waals surface area contributed by atoms with E-state index in [2.05, 4.69) is 5.32 Å². The van der Waals surface area contributed by atoms with Crippen LogP contribution in [0.2, 0.25) is 10.0 Å². The molecule has 1 N–H and O–H groups in total. The number of nitrogens with one attached hydrogen (secondary N) is 1. The molecule has 6 nitrogen and oxygen atoms in total. The van der Waals surface area contributed by atoms with Crippen LogP contribution in [0.1, 0.15) is 5.56 Å². The predicted octanol–water partition coefficient (Wildman–Crippen LogP) is 4.69. The summed E-state index contributed by atoms with van der Waals surface area (Å²) >= 11 is 12.2. The van der Waals surface area contributed by atoms with Crippen LogP contribution in [0.3, 0.4) is 0 Å². The van der Waals surface area contributed by atoms with Gasteiger partial charge in [-0.25, -0.2) is 8.42 Å². The second-order valence-corrected chi connectivity index (χ2v) is 9.70. The van der Waals surface area contributed by atoms with Crippen molar-refractivity contribution in [3.8, 4) is 5.75 Å². The third kappa shape index (κ3) is 6.38. The highest BCUT2D eigenvalue weighted by molar-refractivity contribution is 7.92.